The quantitative estimate of drug-likeness (QED) is 0.651. The van der Waals surface area contributed by atoms with E-state index in [1.165, 1.54) is 22.5 Å². The number of carbonyl (C=O) groups excluding carboxylic acids is 1. The predicted octanol–water partition coefficient (Wildman–Crippen LogP) is 5.05. The number of nitrogens with one attached hydrogen (secondary N) is 1. The van der Waals surface area contributed by atoms with Crippen LogP contribution in [-0.4, -0.2) is 17.5 Å². The van der Waals surface area contributed by atoms with E-state index in [1.807, 2.05) is 42.5 Å². The normalized spacial score (nSPS) is 11.2. The summed E-state index contributed by atoms with van der Waals surface area (Å²) >= 11 is 1.48. The minimum Gasteiger partial charge on any atom is -0.484 e. The van der Waals surface area contributed by atoms with Crippen LogP contribution < -0.4 is 10.1 Å². The summed E-state index contributed by atoms with van der Waals surface area (Å²) in [6.45, 7) is 6.45. The SMILES string of the molecule is CC(C)(C)c1ccc(OCC(=O)Nc2ncc(Cc3ccccc3)s2)cc1. The number of nitrogens with zero attached hydrogens (tertiary/aromatic N) is 1. The molecule has 1 N–H and O–H groups in total. The van der Waals surface area contributed by atoms with Gasteiger partial charge in [-0.15, -0.1) is 11.3 Å². The van der Waals surface area contributed by atoms with Crippen LogP contribution in [-0.2, 0) is 16.6 Å². The van der Waals surface area contributed by atoms with Crippen LogP contribution in [0.2, 0.25) is 0 Å². The van der Waals surface area contributed by atoms with E-state index in [0.29, 0.717) is 10.9 Å². The van der Waals surface area contributed by atoms with E-state index in [2.05, 4.69) is 43.2 Å². The van der Waals surface area contributed by atoms with Crippen molar-refractivity contribution in [1.82, 2.24) is 4.98 Å². The molecule has 0 saturated heterocycles. The Hall–Kier alpha value is -2.66. The van der Waals surface area contributed by atoms with Gasteiger partial charge in [0.2, 0.25) is 0 Å². The van der Waals surface area contributed by atoms with E-state index in [9.17, 15) is 4.79 Å². The lowest BCUT2D eigenvalue weighted by atomic mass is 9.87. The van der Waals surface area contributed by atoms with Gasteiger partial charge in [0.25, 0.3) is 5.91 Å². The molecule has 2 aromatic carbocycles. The van der Waals surface area contributed by atoms with Crippen LogP contribution in [0, 0.1) is 0 Å². The molecule has 1 heterocycles. The fraction of sp³-hybridized carbons (Fsp3) is 0.273. The van der Waals surface area contributed by atoms with Crippen LogP contribution >= 0.6 is 11.3 Å². The highest BCUT2D eigenvalue weighted by atomic mass is 32.1. The maximum atomic E-state index is 12.1. The topological polar surface area (TPSA) is 51.2 Å². The lowest BCUT2D eigenvalue weighted by Gasteiger charge is -2.19. The minimum absolute atomic E-state index is 0.0392. The van der Waals surface area contributed by atoms with Gasteiger partial charge in [0.15, 0.2) is 11.7 Å². The summed E-state index contributed by atoms with van der Waals surface area (Å²) in [5, 5.41) is 3.39. The Kier molecular flexibility index (Phi) is 5.91. The van der Waals surface area contributed by atoms with Gasteiger partial charge in [-0.25, -0.2) is 4.98 Å². The molecule has 140 valence electrons. The summed E-state index contributed by atoms with van der Waals surface area (Å²) in [5.74, 6) is 0.470. The molecule has 0 aliphatic carbocycles. The second-order valence-corrected chi connectivity index (χ2v) is 8.52. The number of rotatable bonds is 6. The monoisotopic (exact) mass is 380 g/mol. The van der Waals surface area contributed by atoms with Crippen molar-refractivity contribution in [3.63, 3.8) is 0 Å². The van der Waals surface area contributed by atoms with Crippen molar-refractivity contribution >= 4 is 22.4 Å². The molecule has 3 rings (SSSR count). The first kappa shape index (κ1) is 19.1. The van der Waals surface area contributed by atoms with Gasteiger partial charge in [-0.1, -0.05) is 63.2 Å². The van der Waals surface area contributed by atoms with E-state index in [0.717, 1.165) is 11.3 Å². The maximum Gasteiger partial charge on any atom is 0.264 e. The second-order valence-electron chi connectivity index (χ2n) is 7.41. The molecule has 1 amide bonds. The maximum absolute atomic E-state index is 12.1. The molecule has 0 fully saturated rings. The molecular formula is C22H24N2O2S. The molecule has 0 aliphatic heterocycles. The van der Waals surface area contributed by atoms with Crippen molar-refractivity contribution in [3.8, 4) is 5.75 Å². The number of hydrogen-bond donors (Lipinski definition) is 1. The van der Waals surface area contributed by atoms with E-state index < -0.39 is 0 Å². The number of carbonyl (C=O) groups is 1. The number of aromatic nitrogens is 1. The molecule has 27 heavy (non-hydrogen) atoms. The van der Waals surface area contributed by atoms with Crippen molar-refractivity contribution in [2.45, 2.75) is 32.6 Å². The molecule has 0 atom stereocenters. The smallest absolute Gasteiger partial charge is 0.264 e. The third-order valence-corrected chi connectivity index (χ3v) is 5.02. The van der Waals surface area contributed by atoms with Crippen molar-refractivity contribution in [2.75, 3.05) is 11.9 Å². The summed E-state index contributed by atoms with van der Waals surface area (Å²) in [6, 6.07) is 18.1. The zero-order valence-electron chi connectivity index (χ0n) is 15.9. The Balaban J connectivity index is 1.49. The minimum atomic E-state index is -0.212. The molecule has 0 unspecified atom stereocenters. The Morgan fingerprint density at radius 2 is 1.78 bits per heavy atom. The summed E-state index contributed by atoms with van der Waals surface area (Å²) in [5.41, 5.74) is 2.55. The molecule has 0 radical (unpaired) electrons. The second kappa shape index (κ2) is 8.35. The lowest BCUT2D eigenvalue weighted by Crippen LogP contribution is -2.20. The number of amides is 1. The van der Waals surface area contributed by atoms with Crippen molar-refractivity contribution in [3.05, 3.63) is 76.8 Å². The van der Waals surface area contributed by atoms with Gasteiger partial charge >= 0.3 is 0 Å². The zero-order chi connectivity index (χ0) is 19.3. The molecule has 5 heteroatoms. The molecule has 4 nitrogen and oxygen atoms in total. The third kappa shape index (κ3) is 5.66. The number of benzene rings is 2. The molecule has 0 saturated carbocycles. The Morgan fingerprint density at radius 3 is 2.44 bits per heavy atom. The number of thiazole rings is 1. The molecular weight excluding hydrogens is 356 g/mol. The van der Waals surface area contributed by atoms with Gasteiger partial charge in [0.1, 0.15) is 5.75 Å². The highest BCUT2D eigenvalue weighted by molar-refractivity contribution is 7.15. The van der Waals surface area contributed by atoms with Crippen LogP contribution in [0.25, 0.3) is 0 Å². The van der Waals surface area contributed by atoms with E-state index in [1.54, 1.807) is 6.20 Å². The summed E-state index contributed by atoms with van der Waals surface area (Å²) in [6.07, 6.45) is 2.62. The van der Waals surface area contributed by atoms with Gasteiger partial charge in [0, 0.05) is 17.5 Å². The van der Waals surface area contributed by atoms with E-state index in [-0.39, 0.29) is 17.9 Å². The van der Waals surface area contributed by atoms with Crippen LogP contribution in [0.4, 0.5) is 5.13 Å². The van der Waals surface area contributed by atoms with Gasteiger partial charge in [-0.2, -0.15) is 0 Å². The lowest BCUT2D eigenvalue weighted by molar-refractivity contribution is -0.118. The van der Waals surface area contributed by atoms with E-state index >= 15 is 0 Å². The van der Waals surface area contributed by atoms with Gasteiger partial charge in [0.05, 0.1) is 0 Å². The number of hydrogen-bond acceptors (Lipinski definition) is 4. The van der Waals surface area contributed by atoms with Crippen molar-refractivity contribution < 1.29 is 9.53 Å². The Labute approximate surface area is 164 Å². The first-order valence-electron chi connectivity index (χ1n) is 8.92. The Morgan fingerprint density at radius 1 is 1.07 bits per heavy atom. The molecule has 3 aromatic rings. The van der Waals surface area contributed by atoms with Gasteiger partial charge in [-0.05, 0) is 28.7 Å². The van der Waals surface area contributed by atoms with Gasteiger partial charge in [-0.3, -0.25) is 10.1 Å². The van der Waals surface area contributed by atoms with Crippen molar-refractivity contribution in [2.24, 2.45) is 0 Å². The number of ether oxygens (including phenoxy) is 1. The van der Waals surface area contributed by atoms with E-state index in [4.69, 9.17) is 4.74 Å². The van der Waals surface area contributed by atoms with Crippen LogP contribution in [0.5, 0.6) is 5.75 Å². The largest absolute Gasteiger partial charge is 0.484 e. The third-order valence-electron chi connectivity index (χ3n) is 4.11. The number of anilines is 1. The summed E-state index contributed by atoms with van der Waals surface area (Å²) in [7, 11) is 0. The average Bonchev–Trinajstić information content (AvgIpc) is 3.07. The molecule has 0 aliphatic rings. The Bertz CT molecular complexity index is 881. The van der Waals surface area contributed by atoms with Gasteiger partial charge < -0.3 is 4.74 Å². The summed E-state index contributed by atoms with van der Waals surface area (Å²) < 4.78 is 5.57. The van der Waals surface area contributed by atoms with Crippen LogP contribution in [0.1, 0.15) is 36.8 Å². The zero-order valence-corrected chi connectivity index (χ0v) is 16.7. The highest BCUT2D eigenvalue weighted by Gasteiger charge is 2.13. The first-order valence-corrected chi connectivity index (χ1v) is 9.73. The summed E-state index contributed by atoms with van der Waals surface area (Å²) in [4.78, 5) is 17.5. The first-order chi connectivity index (χ1) is 12.9. The van der Waals surface area contributed by atoms with Crippen molar-refractivity contribution in [1.29, 1.82) is 0 Å². The fourth-order valence-electron chi connectivity index (χ4n) is 2.60. The van der Waals surface area contributed by atoms with Crippen LogP contribution in [0.15, 0.2) is 60.8 Å². The fourth-order valence-corrected chi connectivity index (χ4v) is 3.46. The molecule has 0 spiro atoms. The standard InChI is InChI=1S/C22H24N2O2S/c1-22(2,3)17-9-11-18(12-10-17)26-15-20(25)24-21-23-14-19(27-21)13-16-7-5-4-6-8-16/h4-12,14H,13,15H2,1-3H3,(H,23,24,25). The van der Waals surface area contributed by atoms with Crippen LogP contribution in [0.3, 0.4) is 0 Å². The average molecular weight is 381 g/mol. The highest BCUT2D eigenvalue weighted by Crippen LogP contribution is 2.24. The molecule has 0 bridgehead atoms. The molecule has 1 aromatic heterocycles. The predicted molar refractivity (Wildman–Crippen MR) is 111 cm³/mol.